The summed E-state index contributed by atoms with van der Waals surface area (Å²) in [7, 11) is 3.71. The third kappa shape index (κ3) is 38.3. The maximum atomic E-state index is 8.34. The van der Waals surface area contributed by atoms with Crippen LogP contribution >= 0.6 is 0 Å². The van der Waals surface area contributed by atoms with E-state index in [1.807, 2.05) is 23.9 Å². The largest absolute Gasteiger partial charge is 0.395 e. The highest BCUT2D eigenvalue weighted by molar-refractivity contribution is 4.63. The van der Waals surface area contributed by atoms with Crippen LogP contribution in [0.4, 0.5) is 0 Å². The molecule has 0 amide bonds. The monoisotopic (exact) mass is 512 g/mol. The quantitative estimate of drug-likeness (QED) is 0.153. The summed E-state index contributed by atoms with van der Waals surface area (Å²) in [4.78, 5) is 6.17. The fourth-order valence-corrected chi connectivity index (χ4v) is 3.07. The van der Waals surface area contributed by atoms with Gasteiger partial charge in [-0.3, -0.25) is 0 Å². The smallest absolute Gasteiger partial charge is 0.0558 e. The summed E-state index contributed by atoms with van der Waals surface area (Å²) in [5, 5.41) is 44.4. The molecular formula is C24H60N6O5. The number of hydrogen-bond acceptors (Lipinski definition) is 11. The van der Waals surface area contributed by atoms with E-state index in [-0.39, 0.29) is 33.0 Å². The first-order chi connectivity index (χ1) is 17.0. The van der Waals surface area contributed by atoms with Gasteiger partial charge in [0.05, 0.1) is 33.0 Å². The Kier molecular flexibility index (Phi) is 39.9. The topological polar surface area (TPSA) is 175 Å². The van der Waals surface area contributed by atoms with Gasteiger partial charge in [-0.15, -0.1) is 0 Å². The minimum absolute atomic E-state index is 0.0972. The van der Waals surface area contributed by atoms with Crippen molar-refractivity contribution >= 4 is 0 Å². The molecule has 0 aromatic carbocycles. The summed E-state index contributed by atoms with van der Waals surface area (Å²) in [5.74, 6) is 0. The zero-order valence-corrected chi connectivity index (χ0v) is 22.8. The van der Waals surface area contributed by atoms with Crippen molar-refractivity contribution in [1.82, 2.24) is 20.0 Å². The number of aliphatic hydroxyl groups is 5. The molecule has 0 atom stereocenters. The fraction of sp³-hybridized carbons (Fsp3) is 1.00. The van der Waals surface area contributed by atoms with Crippen molar-refractivity contribution in [2.75, 3.05) is 119 Å². The number of likely N-dealkylation sites (tertiary alicyclic amines) is 1. The van der Waals surface area contributed by atoms with Gasteiger partial charge in [0.15, 0.2) is 0 Å². The van der Waals surface area contributed by atoms with Crippen LogP contribution in [-0.4, -0.2) is 159 Å². The predicted molar refractivity (Wildman–Crippen MR) is 146 cm³/mol. The summed E-state index contributed by atoms with van der Waals surface area (Å²) in [6.07, 6.45) is 8.38. The van der Waals surface area contributed by atoms with Gasteiger partial charge in [0, 0.05) is 45.8 Å². The average Bonchev–Trinajstić information content (AvgIpc) is 2.88. The van der Waals surface area contributed by atoms with Gasteiger partial charge in [-0.1, -0.05) is 12.8 Å². The van der Waals surface area contributed by atoms with E-state index in [1.54, 1.807) is 0 Å². The second kappa shape index (κ2) is 35.7. The van der Waals surface area contributed by atoms with Crippen LogP contribution in [0.1, 0.15) is 38.5 Å². The molecule has 2 aliphatic rings. The lowest BCUT2D eigenvalue weighted by atomic mass is 10.1. The molecule has 2 aliphatic heterocycles. The van der Waals surface area contributed by atoms with Gasteiger partial charge in [-0.25, -0.2) is 0 Å². The number of nitrogens with two attached hydrogens (primary N) is 2. The fourth-order valence-electron chi connectivity index (χ4n) is 3.07. The molecule has 2 saturated heterocycles. The van der Waals surface area contributed by atoms with Crippen molar-refractivity contribution in [2.24, 2.45) is 11.5 Å². The molecule has 0 spiro atoms. The van der Waals surface area contributed by atoms with Crippen LogP contribution in [0.3, 0.4) is 0 Å². The van der Waals surface area contributed by atoms with Crippen molar-refractivity contribution in [3.63, 3.8) is 0 Å². The summed E-state index contributed by atoms with van der Waals surface area (Å²) in [6.45, 7) is 10.6. The molecule has 0 unspecified atom stereocenters. The van der Waals surface area contributed by atoms with Crippen LogP contribution in [0.25, 0.3) is 0 Å². The maximum absolute atomic E-state index is 8.34. The summed E-state index contributed by atoms with van der Waals surface area (Å²) in [5.41, 5.74) is 10.2. The van der Waals surface area contributed by atoms with Crippen molar-refractivity contribution in [3.8, 4) is 0 Å². The van der Waals surface area contributed by atoms with E-state index >= 15 is 0 Å². The van der Waals surface area contributed by atoms with E-state index in [1.165, 1.54) is 64.7 Å². The first-order valence-corrected chi connectivity index (χ1v) is 13.2. The van der Waals surface area contributed by atoms with Gasteiger partial charge in [-0.05, 0) is 66.0 Å². The van der Waals surface area contributed by atoms with Gasteiger partial charge in [0.2, 0.25) is 0 Å². The van der Waals surface area contributed by atoms with Crippen molar-refractivity contribution in [2.45, 2.75) is 38.5 Å². The maximum Gasteiger partial charge on any atom is 0.0558 e. The zero-order chi connectivity index (χ0) is 27.0. The highest BCUT2D eigenvalue weighted by Gasteiger charge is 2.07. The van der Waals surface area contributed by atoms with E-state index < -0.39 is 0 Å². The second-order valence-corrected chi connectivity index (χ2v) is 8.51. The molecule has 2 rings (SSSR count). The van der Waals surface area contributed by atoms with Crippen LogP contribution in [0.15, 0.2) is 0 Å². The molecule has 0 aromatic rings. The first kappa shape index (κ1) is 39.1. The normalized spacial score (nSPS) is 15.5. The third-order valence-corrected chi connectivity index (χ3v) is 5.16. The molecule has 0 radical (unpaired) electrons. The van der Waals surface area contributed by atoms with E-state index in [2.05, 4.69) is 10.2 Å². The predicted octanol–water partition coefficient (Wildman–Crippen LogP) is -2.07. The summed E-state index contributed by atoms with van der Waals surface area (Å²) >= 11 is 0. The Balaban J connectivity index is -0.000000374. The third-order valence-electron chi connectivity index (χ3n) is 5.16. The van der Waals surface area contributed by atoms with Gasteiger partial charge in [0.1, 0.15) is 0 Å². The van der Waals surface area contributed by atoms with Gasteiger partial charge < -0.3 is 57.0 Å². The SMILES string of the molecule is C1CCNCC1.CN(CCO)CCO.CN(CCO)CCO.NCCN1CCCCC1.NCCO. The number of hydrogen-bond donors (Lipinski definition) is 8. The molecule has 11 heteroatoms. The lowest BCUT2D eigenvalue weighted by Gasteiger charge is -2.25. The van der Waals surface area contributed by atoms with E-state index in [9.17, 15) is 0 Å². The number of rotatable bonds is 11. The van der Waals surface area contributed by atoms with Crippen molar-refractivity contribution in [3.05, 3.63) is 0 Å². The molecule has 0 aliphatic carbocycles. The minimum atomic E-state index is 0.0972. The second-order valence-electron chi connectivity index (χ2n) is 8.51. The van der Waals surface area contributed by atoms with E-state index in [0.717, 1.165) is 13.1 Å². The lowest BCUT2D eigenvalue weighted by Crippen LogP contribution is -2.33. The Morgan fingerprint density at radius 2 is 0.971 bits per heavy atom. The van der Waals surface area contributed by atoms with E-state index in [0.29, 0.717) is 32.7 Å². The molecule has 2 heterocycles. The first-order valence-electron chi connectivity index (χ1n) is 13.2. The average molecular weight is 513 g/mol. The minimum Gasteiger partial charge on any atom is -0.395 e. The Hall–Kier alpha value is -0.440. The van der Waals surface area contributed by atoms with Gasteiger partial charge in [0.25, 0.3) is 0 Å². The summed E-state index contributed by atoms with van der Waals surface area (Å²) in [6, 6.07) is 0. The van der Waals surface area contributed by atoms with Crippen molar-refractivity contribution in [1.29, 1.82) is 0 Å². The Labute approximate surface area is 215 Å². The molecule has 2 fully saturated rings. The highest BCUT2D eigenvalue weighted by Crippen LogP contribution is 2.06. The number of aliphatic hydroxyl groups excluding tert-OH is 5. The van der Waals surface area contributed by atoms with Crippen LogP contribution in [-0.2, 0) is 0 Å². The molecule has 216 valence electrons. The lowest BCUT2D eigenvalue weighted by molar-refractivity contribution is 0.184. The van der Waals surface area contributed by atoms with E-state index in [4.69, 9.17) is 37.0 Å². The Morgan fingerprint density at radius 3 is 1.20 bits per heavy atom. The highest BCUT2D eigenvalue weighted by atomic mass is 16.3. The van der Waals surface area contributed by atoms with Gasteiger partial charge >= 0.3 is 0 Å². The van der Waals surface area contributed by atoms with Crippen LogP contribution in [0, 0.1) is 0 Å². The standard InChI is InChI=1S/C7H16N2.2C5H13NO2.C5H11N.C2H7NO/c8-4-7-9-5-2-1-3-6-9;2*1-6(2-4-7)3-5-8;1-2-4-6-5-3-1;3-1-2-4/h1-8H2;2*7-8H,2-5H2,1H3;6H,1-5H2;4H,1-3H2. The van der Waals surface area contributed by atoms with Gasteiger partial charge in [-0.2, -0.15) is 0 Å². The van der Waals surface area contributed by atoms with Crippen LogP contribution in [0.5, 0.6) is 0 Å². The number of nitrogens with one attached hydrogen (secondary N) is 1. The molecule has 0 aromatic heterocycles. The molecule has 10 N–H and O–H groups in total. The number of likely N-dealkylation sites (N-methyl/N-ethyl adjacent to an activating group) is 2. The zero-order valence-electron chi connectivity index (χ0n) is 22.8. The molecule has 0 saturated carbocycles. The molecular weight excluding hydrogens is 452 g/mol. The van der Waals surface area contributed by atoms with Crippen LogP contribution in [0.2, 0.25) is 0 Å². The van der Waals surface area contributed by atoms with Crippen LogP contribution < -0.4 is 16.8 Å². The molecule has 35 heavy (non-hydrogen) atoms. The Morgan fingerprint density at radius 1 is 0.600 bits per heavy atom. The molecule has 11 nitrogen and oxygen atoms in total. The summed E-state index contributed by atoms with van der Waals surface area (Å²) < 4.78 is 0. The van der Waals surface area contributed by atoms with Crippen molar-refractivity contribution < 1.29 is 25.5 Å². The Bertz CT molecular complexity index is 310. The number of piperidine rings is 2. The molecule has 0 bridgehead atoms. The number of nitrogens with zero attached hydrogens (tertiary/aromatic N) is 3.